The average Bonchev–Trinajstić information content (AvgIpc) is 3.54. The quantitative estimate of drug-likeness (QED) is 0.0986. The first kappa shape index (κ1) is 36.8. The second-order valence-corrected chi connectivity index (χ2v) is 14.4. The molecule has 2 N–H and O–H groups in total. The Bertz CT molecular complexity index is 2010. The molecule has 0 aromatic heterocycles. The van der Waals surface area contributed by atoms with Gasteiger partial charge < -0.3 is 19.6 Å². The number of carbonyl (C=O) groups excluding carboxylic acids is 3. The number of imide groups is 1. The number of aromatic hydroxyl groups is 1. The molecule has 0 aliphatic carbocycles. The first-order valence-corrected chi connectivity index (χ1v) is 19.2. The van der Waals surface area contributed by atoms with Crippen LogP contribution in [0.25, 0.3) is 0 Å². The van der Waals surface area contributed by atoms with Crippen LogP contribution in [-0.4, -0.2) is 78.5 Å². The van der Waals surface area contributed by atoms with Crippen molar-refractivity contribution in [1.29, 1.82) is 0 Å². The molecule has 3 amide bonds. The molecule has 54 heavy (non-hydrogen) atoms. The van der Waals surface area contributed by atoms with Crippen LogP contribution in [-0.2, 0) is 16.1 Å². The van der Waals surface area contributed by atoms with E-state index in [1.807, 2.05) is 31.2 Å². The predicted octanol–water partition coefficient (Wildman–Crippen LogP) is 6.44. The van der Waals surface area contributed by atoms with Gasteiger partial charge in [-0.05, 0) is 72.8 Å². The van der Waals surface area contributed by atoms with Gasteiger partial charge in [-0.25, -0.2) is 0 Å². The third-order valence-corrected chi connectivity index (χ3v) is 11.1. The van der Waals surface area contributed by atoms with Crippen molar-refractivity contribution >= 4 is 23.9 Å². The van der Waals surface area contributed by atoms with E-state index < -0.39 is 11.9 Å². The number of nitrogens with zero attached hydrogens (tertiary/aromatic N) is 3. The molecule has 9 nitrogen and oxygen atoms in total. The minimum absolute atomic E-state index is 0.128. The van der Waals surface area contributed by atoms with Gasteiger partial charge in [-0.1, -0.05) is 79.8 Å². The molecule has 3 unspecified atom stereocenters. The van der Waals surface area contributed by atoms with Crippen molar-refractivity contribution < 1.29 is 24.2 Å². The summed E-state index contributed by atoms with van der Waals surface area (Å²) >= 11 is 0. The Hall–Kier alpha value is -5.59. The average molecular weight is 725 g/mol. The Morgan fingerprint density at radius 1 is 0.963 bits per heavy atom. The van der Waals surface area contributed by atoms with Gasteiger partial charge in [0.2, 0.25) is 12.3 Å². The number of hydrogen-bond donors (Lipinski definition) is 2. The van der Waals surface area contributed by atoms with Gasteiger partial charge >= 0.3 is 0 Å². The summed E-state index contributed by atoms with van der Waals surface area (Å²) in [6.45, 7) is 7.87. The van der Waals surface area contributed by atoms with Crippen LogP contribution in [0.1, 0.15) is 89.0 Å². The molecule has 4 aromatic rings. The monoisotopic (exact) mass is 724 g/mol. The van der Waals surface area contributed by atoms with Crippen molar-refractivity contribution in [3.05, 3.63) is 124 Å². The number of carbonyl (C=O) groups is 3. The summed E-state index contributed by atoms with van der Waals surface area (Å²) in [5.74, 6) is 7.26. The van der Waals surface area contributed by atoms with E-state index in [9.17, 15) is 19.5 Å². The molecule has 3 aliphatic heterocycles. The zero-order chi connectivity index (χ0) is 37.4. The third-order valence-electron chi connectivity index (χ3n) is 11.1. The molecule has 3 heterocycles. The van der Waals surface area contributed by atoms with Crippen LogP contribution in [0.15, 0.2) is 91.0 Å². The lowest BCUT2D eigenvalue weighted by Gasteiger charge is -2.37. The van der Waals surface area contributed by atoms with E-state index in [1.165, 1.54) is 16.8 Å². The van der Waals surface area contributed by atoms with Crippen LogP contribution in [0, 0.1) is 11.8 Å². The highest BCUT2D eigenvalue weighted by atomic mass is 16.5. The molecule has 1 fully saturated rings. The Morgan fingerprint density at radius 2 is 1.76 bits per heavy atom. The minimum Gasteiger partial charge on any atom is -0.508 e. The van der Waals surface area contributed by atoms with Crippen LogP contribution in [0.2, 0.25) is 0 Å². The van der Waals surface area contributed by atoms with E-state index in [0.29, 0.717) is 38.0 Å². The summed E-state index contributed by atoms with van der Waals surface area (Å²) in [6, 6.07) is 30.0. The van der Waals surface area contributed by atoms with Crippen molar-refractivity contribution in [2.24, 2.45) is 0 Å². The first-order valence-electron chi connectivity index (χ1n) is 19.2. The summed E-state index contributed by atoms with van der Waals surface area (Å²) in [5, 5.41) is 12.3. The molecule has 1 saturated heterocycles. The number of fused-ring (bicyclic) bond motifs is 2. The molecular weight excluding hydrogens is 677 g/mol. The number of ether oxygens (including phenoxy) is 1. The van der Waals surface area contributed by atoms with Gasteiger partial charge in [0.25, 0.3) is 5.91 Å². The highest BCUT2D eigenvalue weighted by Crippen LogP contribution is 2.47. The lowest BCUT2D eigenvalue weighted by molar-refractivity contribution is -0.129. The Morgan fingerprint density at radius 3 is 2.52 bits per heavy atom. The molecule has 0 spiro atoms. The molecule has 0 saturated carbocycles. The highest BCUT2D eigenvalue weighted by molar-refractivity contribution is 6.02. The maximum absolute atomic E-state index is 13.2. The summed E-state index contributed by atoms with van der Waals surface area (Å²) < 4.78 is 6.15. The number of nitrogens with one attached hydrogen (secondary N) is 1. The van der Waals surface area contributed by atoms with Gasteiger partial charge in [0.1, 0.15) is 17.5 Å². The summed E-state index contributed by atoms with van der Waals surface area (Å²) in [7, 11) is 0. The van der Waals surface area contributed by atoms with Crippen molar-refractivity contribution in [3.8, 4) is 23.3 Å². The van der Waals surface area contributed by atoms with Crippen LogP contribution in [0.3, 0.4) is 0 Å². The SMILES string of the molecule is CCCC(C(=O)NC=O)N1Cc2c(C#CCCCCN3CCN(c4ccc(C5c6ccc(O)cc6OCC5c5ccccc5)cc4)CC3)cccc2C1=O. The molecule has 0 radical (unpaired) electrons. The van der Waals surface area contributed by atoms with Crippen molar-refractivity contribution in [3.63, 3.8) is 0 Å². The predicted molar refractivity (Wildman–Crippen MR) is 210 cm³/mol. The first-order chi connectivity index (χ1) is 26.4. The second kappa shape index (κ2) is 17.0. The minimum atomic E-state index is -0.685. The third kappa shape index (κ3) is 7.99. The van der Waals surface area contributed by atoms with Crippen LogP contribution in [0.5, 0.6) is 11.5 Å². The number of anilines is 1. The van der Waals surface area contributed by atoms with E-state index >= 15 is 0 Å². The maximum atomic E-state index is 13.2. The molecule has 4 aromatic carbocycles. The topological polar surface area (TPSA) is 102 Å². The zero-order valence-electron chi connectivity index (χ0n) is 30.9. The number of piperazine rings is 1. The molecule has 3 atom stereocenters. The Kier molecular flexibility index (Phi) is 11.6. The van der Waals surface area contributed by atoms with E-state index in [4.69, 9.17) is 4.74 Å². The molecule has 3 aliphatic rings. The van der Waals surface area contributed by atoms with Crippen LogP contribution >= 0.6 is 0 Å². The molecule has 9 heteroatoms. The van der Waals surface area contributed by atoms with Gasteiger partial charge in [0.15, 0.2) is 0 Å². The van der Waals surface area contributed by atoms with Gasteiger partial charge in [-0.2, -0.15) is 0 Å². The molecule has 0 bridgehead atoms. The zero-order valence-corrected chi connectivity index (χ0v) is 30.9. The second-order valence-electron chi connectivity index (χ2n) is 14.4. The van der Waals surface area contributed by atoms with Gasteiger partial charge in [0.05, 0.1) is 6.61 Å². The molecule has 278 valence electrons. The number of unbranched alkanes of at least 4 members (excludes halogenated alkanes) is 2. The van der Waals surface area contributed by atoms with E-state index in [2.05, 4.69) is 75.5 Å². The van der Waals surface area contributed by atoms with E-state index in [-0.39, 0.29) is 23.5 Å². The lowest BCUT2D eigenvalue weighted by Crippen LogP contribution is -2.46. The number of hydrogen-bond acceptors (Lipinski definition) is 7. The fourth-order valence-electron chi connectivity index (χ4n) is 8.21. The van der Waals surface area contributed by atoms with Crippen molar-refractivity contribution in [1.82, 2.24) is 15.1 Å². The lowest BCUT2D eigenvalue weighted by atomic mass is 9.76. The number of amides is 3. The van der Waals surface area contributed by atoms with Gasteiger partial charge in [-0.3, -0.25) is 24.6 Å². The number of rotatable bonds is 12. The van der Waals surface area contributed by atoms with Gasteiger partial charge in [0, 0.05) is 79.4 Å². The summed E-state index contributed by atoms with van der Waals surface area (Å²) in [5.41, 5.74) is 7.11. The van der Waals surface area contributed by atoms with Crippen molar-refractivity contribution in [2.45, 2.75) is 63.5 Å². The Labute approximate surface area is 317 Å². The number of phenolic OH excluding ortho intramolecular Hbond substituents is 1. The van der Waals surface area contributed by atoms with E-state index in [1.54, 1.807) is 23.1 Å². The maximum Gasteiger partial charge on any atom is 0.255 e. The normalized spacial score (nSPS) is 18.5. The smallest absolute Gasteiger partial charge is 0.255 e. The highest BCUT2D eigenvalue weighted by Gasteiger charge is 2.37. The molecular formula is C45H48N4O5. The number of benzene rings is 4. The largest absolute Gasteiger partial charge is 0.508 e. The summed E-state index contributed by atoms with van der Waals surface area (Å²) in [6.07, 6.45) is 4.42. The van der Waals surface area contributed by atoms with Crippen LogP contribution in [0.4, 0.5) is 5.69 Å². The number of phenols is 1. The fourth-order valence-corrected chi connectivity index (χ4v) is 8.21. The Balaban J connectivity index is 0.897. The van der Waals surface area contributed by atoms with Gasteiger partial charge in [-0.15, -0.1) is 0 Å². The fraction of sp³-hybridized carbons (Fsp3) is 0.356. The van der Waals surface area contributed by atoms with Crippen molar-refractivity contribution in [2.75, 3.05) is 44.2 Å². The molecule has 7 rings (SSSR count). The standard InChI is InChI=1S/C45H48N4O5/c1-2-11-41(44(52)46-31-50)49-29-39-32(15-10-16-37(39)45(49)53)12-6-3-4-9-23-47-24-26-48(27-25-47)35-19-17-34(18-20-35)43-38-22-21-36(51)28-42(38)54-30-40(43)33-13-7-5-8-14-33/h5,7-8,10,13-22,28,31,40-41,43,51H,2-4,9,11,23-27,29-30H2,1H3,(H,46,50,52). The summed E-state index contributed by atoms with van der Waals surface area (Å²) in [4.78, 5) is 43.2. The van der Waals surface area contributed by atoms with E-state index in [0.717, 1.165) is 74.4 Å². The van der Waals surface area contributed by atoms with Crippen LogP contribution < -0.4 is 15.0 Å².